The fourth-order valence-electron chi connectivity index (χ4n) is 1.23. The molecule has 1 aromatic rings. The average molecular weight is 276 g/mol. The van der Waals surface area contributed by atoms with Gasteiger partial charge in [0.25, 0.3) is 0 Å². The normalized spacial score (nSPS) is 12.4. The van der Waals surface area contributed by atoms with Crippen LogP contribution in [0, 0.1) is 0 Å². The van der Waals surface area contributed by atoms with E-state index < -0.39 is 6.04 Å². The summed E-state index contributed by atoms with van der Waals surface area (Å²) < 4.78 is 5.08. The third-order valence-electron chi connectivity index (χ3n) is 2.01. The van der Waals surface area contributed by atoms with Crippen molar-refractivity contribution >= 4 is 34.9 Å². The molecule has 0 aliphatic heterocycles. The first-order chi connectivity index (χ1) is 7.90. The van der Waals surface area contributed by atoms with E-state index in [1.165, 1.54) is 0 Å². The van der Waals surface area contributed by atoms with Crippen LogP contribution in [-0.4, -0.2) is 18.1 Å². The Labute approximate surface area is 111 Å². The second kappa shape index (κ2) is 6.12. The summed E-state index contributed by atoms with van der Waals surface area (Å²) in [6, 6.07) is 4.66. The molecule has 0 bridgehead atoms. The highest BCUT2D eigenvalue weighted by Gasteiger charge is 2.15. The zero-order valence-corrected chi connectivity index (χ0v) is 11.5. The van der Waals surface area contributed by atoms with Crippen LogP contribution in [0.5, 0.6) is 0 Å². The van der Waals surface area contributed by atoms with Crippen LogP contribution in [0.3, 0.4) is 0 Å². The Morgan fingerprint density at radius 1 is 1.24 bits per heavy atom. The number of hydrogen-bond acceptors (Lipinski definition) is 3. The summed E-state index contributed by atoms with van der Waals surface area (Å²) in [5.74, 6) is -0.300. The van der Waals surface area contributed by atoms with Crippen molar-refractivity contribution in [3.8, 4) is 0 Å². The Bertz CT molecular complexity index is 407. The van der Waals surface area contributed by atoms with Crippen molar-refractivity contribution in [3.63, 3.8) is 0 Å². The van der Waals surface area contributed by atoms with Gasteiger partial charge in [0, 0.05) is 5.69 Å². The lowest BCUT2D eigenvalue weighted by Crippen LogP contribution is -2.30. The van der Waals surface area contributed by atoms with Crippen LogP contribution in [0.4, 0.5) is 5.69 Å². The van der Waals surface area contributed by atoms with Gasteiger partial charge in [-0.25, -0.2) is 4.79 Å². The summed E-state index contributed by atoms with van der Waals surface area (Å²) in [6.07, 6.45) is -0.124. The number of carbonyl (C=O) groups excluding carboxylic acids is 1. The van der Waals surface area contributed by atoms with Gasteiger partial charge in [-0.05, 0) is 39.0 Å². The van der Waals surface area contributed by atoms with Crippen molar-refractivity contribution in [3.05, 3.63) is 28.2 Å². The van der Waals surface area contributed by atoms with Crippen molar-refractivity contribution in [1.82, 2.24) is 0 Å². The molecular weight excluding hydrogens is 261 g/mol. The minimum Gasteiger partial charge on any atom is -0.461 e. The van der Waals surface area contributed by atoms with E-state index in [1.807, 2.05) is 13.8 Å². The van der Waals surface area contributed by atoms with Gasteiger partial charge in [0.15, 0.2) is 0 Å². The molecular formula is C12H15Cl2NO2. The van der Waals surface area contributed by atoms with Gasteiger partial charge >= 0.3 is 5.97 Å². The maximum Gasteiger partial charge on any atom is 0.328 e. The Hall–Kier alpha value is -0.930. The molecule has 5 heteroatoms. The van der Waals surface area contributed by atoms with Crippen LogP contribution in [0.25, 0.3) is 0 Å². The summed E-state index contributed by atoms with van der Waals surface area (Å²) in [5, 5.41) is 3.92. The van der Waals surface area contributed by atoms with Gasteiger partial charge in [-0.1, -0.05) is 23.2 Å². The van der Waals surface area contributed by atoms with Crippen LogP contribution >= 0.6 is 23.2 Å². The third-order valence-corrected chi connectivity index (χ3v) is 2.75. The van der Waals surface area contributed by atoms with E-state index in [2.05, 4.69) is 5.32 Å². The number of esters is 1. The first-order valence-electron chi connectivity index (χ1n) is 5.32. The van der Waals surface area contributed by atoms with Crippen LogP contribution in [0.15, 0.2) is 18.2 Å². The first-order valence-corrected chi connectivity index (χ1v) is 6.08. The smallest absolute Gasteiger partial charge is 0.328 e. The molecule has 0 heterocycles. The van der Waals surface area contributed by atoms with Crippen molar-refractivity contribution in [2.45, 2.75) is 32.9 Å². The molecule has 0 aliphatic rings. The topological polar surface area (TPSA) is 38.3 Å². The van der Waals surface area contributed by atoms with E-state index in [1.54, 1.807) is 25.1 Å². The number of benzene rings is 1. The standard InChI is InChI=1S/C12H15Cl2NO2/c1-7(2)17-12(16)8(3)15-9-4-5-10(13)11(14)6-9/h4-8,15H,1-3H3/t8-/m0/s1. The van der Waals surface area contributed by atoms with E-state index in [4.69, 9.17) is 27.9 Å². The molecule has 3 nitrogen and oxygen atoms in total. The lowest BCUT2D eigenvalue weighted by Gasteiger charge is -2.16. The summed E-state index contributed by atoms with van der Waals surface area (Å²) in [5.41, 5.74) is 0.729. The van der Waals surface area contributed by atoms with Crippen molar-refractivity contribution < 1.29 is 9.53 Å². The monoisotopic (exact) mass is 275 g/mol. The second-order valence-corrected chi connectivity index (χ2v) is 4.79. The van der Waals surface area contributed by atoms with Crippen LogP contribution in [0.1, 0.15) is 20.8 Å². The lowest BCUT2D eigenvalue weighted by atomic mass is 10.2. The van der Waals surface area contributed by atoms with E-state index >= 15 is 0 Å². The molecule has 0 aromatic heterocycles. The Morgan fingerprint density at radius 3 is 2.41 bits per heavy atom. The SMILES string of the molecule is CC(C)OC(=O)[C@H](C)Nc1ccc(Cl)c(Cl)c1. The lowest BCUT2D eigenvalue weighted by molar-refractivity contribution is -0.147. The Kier molecular flexibility index (Phi) is 5.09. The second-order valence-electron chi connectivity index (χ2n) is 3.98. The maximum absolute atomic E-state index is 11.6. The number of nitrogens with one attached hydrogen (secondary N) is 1. The highest BCUT2D eigenvalue weighted by molar-refractivity contribution is 6.42. The summed E-state index contributed by atoms with van der Waals surface area (Å²) in [4.78, 5) is 11.6. The highest BCUT2D eigenvalue weighted by atomic mass is 35.5. The summed E-state index contributed by atoms with van der Waals surface area (Å²) in [6.45, 7) is 5.35. The minimum atomic E-state index is -0.436. The predicted molar refractivity (Wildman–Crippen MR) is 70.8 cm³/mol. The highest BCUT2D eigenvalue weighted by Crippen LogP contribution is 2.25. The molecule has 1 rings (SSSR count). The van der Waals surface area contributed by atoms with Crippen LogP contribution in [0.2, 0.25) is 10.0 Å². The molecule has 0 radical (unpaired) electrons. The fraction of sp³-hybridized carbons (Fsp3) is 0.417. The number of carbonyl (C=O) groups is 1. The number of ether oxygens (including phenoxy) is 1. The zero-order valence-electron chi connectivity index (χ0n) is 9.96. The zero-order chi connectivity index (χ0) is 13.0. The van der Waals surface area contributed by atoms with E-state index in [0.29, 0.717) is 10.0 Å². The van der Waals surface area contributed by atoms with Gasteiger partial charge in [0.05, 0.1) is 16.1 Å². The molecule has 0 amide bonds. The number of halogens is 2. The molecule has 94 valence electrons. The fourth-order valence-corrected chi connectivity index (χ4v) is 1.53. The third kappa shape index (κ3) is 4.44. The maximum atomic E-state index is 11.6. The Balaban J connectivity index is 2.64. The average Bonchev–Trinajstić information content (AvgIpc) is 2.22. The number of hydrogen-bond donors (Lipinski definition) is 1. The molecule has 0 spiro atoms. The molecule has 0 aliphatic carbocycles. The number of rotatable bonds is 4. The largest absolute Gasteiger partial charge is 0.461 e. The first kappa shape index (κ1) is 14.1. The van der Waals surface area contributed by atoms with Crippen molar-refractivity contribution in [1.29, 1.82) is 0 Å². The van der Waals surface area contributed by atoms with Gasteiger partial charge in [-0.2, -0.15) is 0 Å². The summed E-state index contributed by atoms with van der Waals surface area (Å²) in [7, 11) is 0. The molecule has 17 heavy (non-hydrogen) atoms. The molecule has 1 aromatic carbocycles. The Morgan fingerprint density at radius 2 is 1.88 bits per heavy atom. The van der Waals surface area contributed by atoms with E-state index in [9.17, 15) is 4.79 Å². The quantitative estimate of drug-likeness (QED) is 0.851. The van der Waals surface area contributed by atoms with Crippen LogP contribution in [-0.2, 0) is 9.53 Å². The molecule has 1 N–H and O–H groups in total. The predicted octanol–water partition coefficient (Wildman–Crippen LogP) is 3.75. The van der Waals surface area contributed by atoms with Gasteiger partial charge in [-0.15, -0.1) is 0 Å². The molecule has 0 unspecified atom stereocenters. The van der Waals surface area contributed by atoms with Gasteiger partial charge in [0.2, 0.25) is 0 Å². The molecule has 0 fully saturated rings. The molecule has 0 saturated carbocycles. The van der Waals surface area contributed by atoms with Gasteiger partial charge in [-0.3, -0.25) is 0 Å². The molecule has 1 atom stereocenters. The van der Waals surface area contributed by atoms with E-state index in [0.717, 1.165) is 5.69 Å². The summed E-state index contributed by atoms with van der Waals surface area (Å²) >= 11 is 11.7. The van der Waals surface area contributed by atoms with Gasteiger partial charge < -0.3 is 10.1 Å². The van der Waals surface area contributed by atoms with Crippen molar-refractivity contribution in [2.75, 3.05) is 5.32 Å². The van der Waals surface area contributed by atoms with Crippen molar-refractivity contribution in [2.24, 2.45) is 0 Å². The number of anilines is 1. The van der Waals surface area contributed by atoms with Crippen LogP contribution < -0.4 is 5.32 Å². The van der Waals surface area contributed by atoms with E-state index in [-0.39, 0.29) is 12.1 Å². The molecule has 0 saturated heterocycles. The van der Waals surface area contributed by atoms with Gasteiger partial charge in [0.1, 0.15) is 6.04 Å². The minimum absolute atomic E-state index is 0.124.